The topological polar surface area (TPSA) is 83.0 Å². The van der Waals surface area contributed by atoms with E-state index in [1.165, 1.54) is 11.8 Å². The zero-order valence-electron chi connectivity index (χ0n) is 15.4. The number of hydrogen-bond donors (Lipinski definition) is 1. The summed E-state index contributed by atoms with van der Waals surface area (Å²) in [7, 11) is 0. The van der Waals surface area contributed by atoms with E-state index in [0.717, 1.165) is 29.0 Å². The van der Waals surface area contributed by atoms with E-state index in [2.05, 4.69) is 23.2 Å². The van der Waals surface area contributed by atoms with Crippen molar-refractivity contribution in [2.45, 2.75) is 32.0 Å². The van der Waals surface area contributed by atoms with Crippen LogP contribution in [0, 0.1) is 6.92 Å². The number of nitrogens with zero attached hydrogens (tertiary/aromatic N) is 3. The summed E-state index contributed by atoms with van der Waals surface area (Å²) in [6.07, 6.45) is 0.868. The average Bonchev–Trinajstić information content (AvgIpc) is 3.07. The van der Waals surface area contributed by atoms with Crippen LogP contribution in [0.2, 0.25) is 0 Å². The molecule has 1 heterocycles. The minimum Gasteiger partial charge on any atom is -0.486 e. The maximum absolute atomic E-state index is 11.2. The number of aryl methyl sites for hydroxylation is 2. The molecule has 0 aliphatic carbocycles. The van der Waals surface area contributed by atoms with E-state index in [0.29, 0.717) is 11.0 Å². The van der Waals surface area contributed by atoms with Gasteiger partial charge in [-0.15, -0.1) is 10.2 Å². The molecule has 0 aliphatic rings. The number of primary amides is 1. The number of hydrogen-bond acceptors (Lipinski definition) is 5. The van der Waals surface area contributed by atoms with Gasteiger partial charge >= 0.3 is 0 Å². The Morgan fingerprint density at radius 3 is 2.74 bits per heavy atom. The van der Waals surface area contributed by atoms with Gasteiger partial charge in [0.2, 0.25) is 5.91 Å². The predicted octanol–water partition coefficient (Wildman–Crippen LogP) is 3.29. The van der Waals surface area contributed by atoms with Crippen molar-refractivity contribution < 1.29 is 9.53 Å². The number of amides is 1. The maximum Gasteiger partial charge on any atom is 0.227 e. The Morgan fingerprint density at radius 1 is 1.19 bits per heavy atom. The molecule has 6 nitrogen and oxygen atoms in total. The summed E-state index contributed by atoms with van der Waals surface area (Å²) in [5.41, 5.74) is 8.57. The molecule has 0 spiro atoms. The highest BCUT2D eigenvalue weighted by Gasteiger charge is 2.17. The first-order valence-electron chi connectivity index (χ1n) is 8.71. The van der Waals surface area contributed by atoms with Gasteiger partial charge in [-0.25, -0.2) is 0 Å². The van der Waals surface area contributed by atoms with Crippen molar-refractivity contribution in [3.05, 3.63) is 65.5 Å². The van der Waals surface area contributed by atoms with Crippen LogP contribution in [0.15, 0.2) is 53.7 Å². The Bertz CT molecular complexity index is 939. The number of carbonyl (C=O) groups is 1. The second-order valence-electron chi connectivity index (χ2n) is 6.08. The first-order chi connectivity index (χ1) is 13.1. The molecule has 27 heavy (non-hydrogen) atoms. The van der Waals surface area contributed by atoms with Gasteiger partial charge in [0.25, 0.3) is 0 Å². The van der Waals surface area contributed by atoms with E-state index in [9.17, 15) is 4.79 Å². The Kier molecular flexibility index (Phi) is 6.13. The van der Waals surface area contributed by atoms with Gasteiger partial charge in [-0.3, -0.25) is 9.36 Å². The number of carbonyl (C=O) groups excluding carboxylic acids is 1. The van der Waals surface area contributed by atoms with Crippen LogP contribution in [0.25, 0.3) is 5.69 Å². The van der Waals surface area contributed by atoms with Crippen LogP contribution < -0.4 is 10.5 Å². The number of rotatable bonds is 8. The normalized spacial score (nSPS) is 10.7. The highest BCUT2D eigenvalue weighted by Crippen LogP contribution is 2.25. The van der Waals surface area contributed by atoms with Crippen LogP contribution in [-0.4, -0.2) is 26.4 Å². The van der Waals surface area contributed by atoms with Crippen LogP contribution in [0.1, 0.15) is 23.9 Å². The third-order valence-electron chi connectivity index (χ3n) is 4.01. The van der Waals surface area contributed by atoms with Gasteiger partial charge < -0.3 is 10.5 Å². The third kappa shape index (κ3) is 4.68. The quantitative estimate of drug-likeness (QED) is 0.605. The number of ether oxygens (including phenoxy) is 1. The number of thioether (sulfide) groups is 1. The highest BCUT2D eigenvalue weighted by atomic mass is 32.2. The summed E-state index contributed by atoms with van der Waals surface area (Å²) >= 11 is 1.27. The molecule has 2 aromatic carbocycles. The number of benzene rings is 2. The van der Waals surface area contributed by atoms with Crippen LogP contribution in [0.4, 0.5) is 0 Å². The highest BCUT2D eigenvalue weighted by molar-refractivity contribution is 7.99. The van der Waals surface area contributed by atoms with E-state index in [1.54, 1.807) is 0 Å². The van der Waals surface area contributed by atoms with Crippen molar-refractivity contribution in [1.82, 2.24) is 14.8 Å². The van der Waals surface area contributed by atoms with Gasteiger partial charge in [0.05, 0.1) is 11.4 Å². The lowest BCUT2D eigenvalue weighted by Crippen LogP contribution is -2.14. The summed E-state index contributed by atoms with van der Waals surface area (Å²) < 4.78 is 7.87. The molecule has 0 aliphatic heterocycles. The van der Waals surface area contributed by atoms with Crippen molar-refractivity contribution in [2.24, 2.45) is 5.73 Å². The molecule has 0 unspecified atom stereocenters. The van der Waals surface area contributed by atoms with Crippen LogP contribution >= 0.6 is 11.8 Å². The Balaban J connectivity index is 1.94. The molecule has 1 amide bonds. The molecule has 0 saturated carbocycles. The monoisotopic (exact) mass is 382 g/mol. The van der Waals surface area contributed by atoms with E-state index in [-0.39, 0.29) is 12.4 Å². The van der Waals surface area contributed by atoms with Gasteiger partial charge in [0.1, 0.15) is 12.4 Å². The molecule has 0 fully saturated rings. The molecule has 2 N–H and O–H groups in total. The fraction of sp³-hybridized carbons (Fsp3) is 0.250. The van der Waals surface area contributed by atoms with Crippen molar-refractivity contribution in [3.63, 3.8) is 0 Å². The first-order valence-corrected chi connectivity index (χ1v) is 9.70. The van der Waals surface area contributed by atoms with Crippen molar-refractivity contribution in [2.75, 3.05) is 5.75 Å². The fourth-order valence-electron chi connectivity index (χ4n) is 2.75. The third-order valence-corrected chi connectivity index (χ3v) is 4.97. The van der Waals surface area contributed by atoms with Crippen molar-refractivity contribution >= 4 is 17.7 Å². The van der Waals surface area contributed by atoms with E-state index in [1.807, 2.05) is 54.0 Å². The van der Waals surface area contributed by atoms with Gasteiger partial charge in [-0.2, -0.15) is 0 Å². The van der Waals surface area contributed by atoms with Gasteiger partial charge in [0, 0.05) is 0 Å². The smallest absolute Gasteiger partial charge is 0.227 e. The van der Waals surface area contributed by atoms with Gasteiger partial charge in [0.15, 0.2) is 11.0 Å². The zero-order chi connectivity index (χ0) is 19.2. The van der Waals surface area contributed by atoms with Gasteiger partial charge in [-0.05, 0) is 42.7 Å². The Labute approximate surface area is 162 Å². The zero-order valence-corrected chi connectivity index (χ0v) is 16.2. The fourth-order valence-corrected chi connectivity index (χ4v) is 3.45. The molecular formula is C20H22N4O2S. The predicted molar refractivity (Wildman–Crippen MR) is 106 cm³/mol. The average molecular weight is 382 g/mol. The second-order valence-corrected chi connectivity index (χ2v) is 7.02. The number of aromatic nitrogens is 3. The van der Waals surface area contributed by atoms with Crippen molar-refractivity contribution in [3.8, 4) is 11.4 Å². The first kappa shape index (κ1) is 19.0. The minimum atomic E-state index is -0.393. The molecule has 140 valence electrons. The second kappa shape index (κ2) is 8.73. The minimum absolute atomic E-state index is 0.144. The Morgan fingerprint density at radius 2 is 2.00 bits per heavy atom. The molecule has 0 radical (unpaired) electrons. The molecule has 7 heteroatoms. The summed E-state index contributed by atoms with van der Waals surface area (Å²) in [6.45, 7) is 4.39. The molecule has 0 bridgehead atoms. The number of nitrogens with two attached hydrogens (primary N) is 1. The lowest BCUT2D eigenvalue weighted by Gasteiger charge is -2.14. The van der Waals surface area contributed by atoms with Crippen LogP contribution in [0.3, 0.4) is 0 Å². The number of para-hydroxylation sites is 1. The van der Waals surface area contributed by atoms with Crippen LogP contribution in [-0.2, 0) is 17.8 Å². The summed E-state index contributed by atoms with van der Waals surface area (Å²) in [6, 6.07) is 15.9. The summed E-state index contributed by atoms with van der Waals surface area (Å²) in [5, 5.41) is 9.18. The standard InChI is InChI=1S/C20H22N4O2S/c1-3-15-8-4-5-10-17(15)24-19(22-23-20(24)27-13-18(21)25)12-26-16-9-6-7-14(2)11-16/h4-11H,3,12-13H2,1-2H3,(H2,21,25). The van der Waals surface area contributed by atoms with E-state index in [4.69, 9.17) is 10.5 Å². The summed E-state index contributed by atoms with van der Waals surface area (Å²) in [5.74, 6) is 1.20. The van der Waals surface area contributed by atoms with Gasteiger partial charge in [-0.1, -0.05) is 49.0 Å². The SMILES string of the molecule is CCc1ccccc1-n1c(COc2cccc(C)c2)nnc1SCC(N)=O. The lowest BCUT2D eigenvalue weighted by molar-refractivity contribution is -0.115. The molecule has 0 atom stereocenters. The Hall–Kier alpha value is -2.80. The lowest BCUT2D eigenvalue weighted by atomic mass is 10.1. The summed E-state index contributed by atoms with van der Waals surface area (Å²) in [4.78, 5) is 11.2. The molecule has 1 aromatic heterocycles. The molecule has 3 aromatic rings. The molecule has 0 saturated heterocycles. The van der Waals surface area contributed by atoms with Crippen LogP contribution in [0.5, 0.6) is 5.75 Å². The maximum atomic E-state index is 11.2. The van der Waals surface area contributed by atoms with E-state index < -0.39 is 5.91 Å². The van der Waals surface area contributed by atoms with E-state index >= 15 is 0 Å². The molecule has 3 rings (SSSR count). The molecular weight excluding hydrogens is 360 g/mol. The largest absolute Gasteiger partial charge is 0.486 e. The van der Waals surface area contributed by atoms with Crippen molar-refractivity contribution in [1.29, 1.82) is 0 Å².